The lowest BCUT2D eigenvalue weighted by molar-refractivity contribution is -0.122. The lowest BCUT2D eigenvalue weighted by Gasteiger charge is -2.32. The van der Waals surface area contributed by atoms with Crippen LogP contribution in [0, 0.1) is 11.8 Å². The Hall–Kier alpha value is 0.0700. The number of carbonyl (C=O) groups excluding carboxylic acids is 1. The molecule has 20 heavy (non-hydrogen) atoms. The van der Waals surface area contributed by atoms with Gasteiger partial charge in [0.2, 0.25) is 5.91 Å². The van der Waals surface area contributed by atoms with Gasteiger partial charge in [0.25, 0.3) is 0 Å². The summed E-state index contributed by atoms with van der Waals surface area (Å²) in [6, 6.07) is 0.810. The van der Waals surface area contributed by atoms with E-state index in [1.165, 1.54) is 31.4 Å². The summed E-state index contributed by atoms with van der Waals surface area (Å²) >= 11 is 1.95. The Kier molecular flexibility index (Phi) is 8.30. The smallest absolute Gasteiger partial charge is 0.221 e. The summed E-state index contributed by atoms with van der Waals surface area (Å²) in [5.41, 5.74) is 0. The maximum absolute atomic E-state index is 12.0. The van der Waals surface area contributed by atoms with Crippen LogP contribution < -0.4 is 10.6 Å². The monoisotopic (exact) mass is 320 g/mol. The largest absolute Gasteiger partial charge is 0.353 e. The molecule has 5 heteroatoms. The standard InChI is InChI=1S/C15H28N2OS.ClH/c1-11(2)12-3-5-13(6-4-12)17-15(18)9-14-10-19-8-7-16-14;/h11-14,16H,3-10H2,1-2H3,(H,17,18);1H. The zero-order valence-electron chi connectivity index (χ0n) is 12.7. The molecular weight excluding hydrogens is 292 g/mol. The minimum absolute atomic E-state index is 0. The first-order valence-electron chi connectivity index (χ1n) is 7.75. The van der Waals surface area contributed by atoms with Crippen LogP contribution in [0.4, 0.5) is 0 Å². The Balaban J connectivity index is 0.00000200. The first-order valence-corrected chi connectivity index (χ1v) is 8.91. The van der Waals surface area contributed by atoms with Crippen molar-refractivity contribution < 1.29 is 4.79 Å². The van der Waals surface area contributed by atoms with Crippen LogP contribution in [0.15, 0.2) is 0 Å². The molecule has 1 aliphatic heterocycles. The van der Waals surface area contributed by atoms with Gasteiger partial charge in [-0.05, 0) is 37.5 Å². The highest BCUT2D eigenvalue weighted by Crippen LogP contribution is 2.29. The van der Waals surface area contributed by atoms with Gasteiger partial charge in [-0.3, -0.25) is 4.79 Å². The molecule has 0 spiro atoms. The molecule has 0 radical (unpaired) electrons. The van der Waals surface area contributed by atoms with E-state index in [2.05, 4.69) is 24.5 Å². The van der Waals surface area contributed by atoms with E-state index in [0.29, 0.717) is 18.5 Å². The number of hydrogen-bond acceptors (Lipinski definition) is 3. The first kappa shape index (κ1) is 18.1. The van der Waals surface area contributed by atoms with Crippen molar-refractivity contribution in [1.29, 1.82) is 0 Å². The summed E-state index contributed by atoms with van der Waals surface area (Å²) in [6.07, 6.45) is 5.54. The van der Waals surface area contributed by atoms with Crippen molar-refractivity contribution in [3.8, 4) is 0 Å². The molecule has 0 bridgehead atoms. The molecule has 2 rings (SSSR count). The van der Waals surface area contributed by atoms with Crippen LogP contribution in [0.2, 0.25) is 0 Å². The molecule has 1 saturated carbocycles. The fraction of sp³-hybridized carbons (Fsp3) is 0.933. The molecule has 2 N–H and O–H groups in total. The fourth-order valence-corrected chi connectivity index (χ4v) is 4.14. The average molecular weight is 321 g/mol. The third-order valence-electron chi connectivity index (χ3n) is 4.51. The third kappa shape index (κ3) is 5.82. The molecule has 1 amide bonds. The molecule has 2 fully saturated rings. The van der Waals surface area contributed by atoms with Gasteiger partial charge in [0.1, 0.15) is 0 Å². The summed E-state index contributed by atoms with van der Waals surface area (Å²) < 4.78 is 0. The van der Waals surface area contributed by atoms with Crippen molar-refractivity contribution in [3.63, 3.8) is 0 Å². The van der Waals surface area contributed by atoms with Crippen LogP contribution >= 0.6 is 24.2 Å². The number of halogens is 1. The molecule has 1 aliphatic carbocycles. The Morgan fingerprint density at radius 1 is 1.30 bits per heavy atom. The quantitative estimate of drug-likeness (QED) is 0.837. The number of thioether (sulfide) groups is 1. The topological polar surface area (TPSA) is 41.1 Å². The van der Waals surface area contributed by atoms with Crippen molar-refractivity contribution in [2.24, 2.45) is 11.8 Å². The van der Waals surface area contributed by atoms with Crippen molar-refractivity contribution in [3.05, 3.63) is 0 Å². The van der Waals surface area contributed by atoms with Crippen LogP contribution in [-0.4, -0.2) is 36.0 Å². The second-order valence-electron chi connectivity index (χ2n) is 6.35. The Bertz CT molecular complexity index is 288. The molecule has 3 nitrogen and oxygen atoms in total. The normalized spacial score (nSPS) is 30.6. The zero-order chi connectivity index (χ0) is 13.7. The maximum Gasteiger partial charge on any atom is 0.221 e. The third-order valence-corrected chi connectivity index (χ3v) is 5.64. The van der Waals surface area contributed by atoms with Crippen molar-refractivity contribution in [2.75, 3.05) is 18.1 Å². The molecular formula is C15H29ClN2OS. The van der Waals surface area contributed by atoms with E-state index in [9.17, 15) is 4.79 Å². The van der Waals surface area contributed by atoms with Crippen LogP contribution in [0.5, 0.6) is 0 Å². The van der Waals surface area contributed by atoms with Gasteiger partial charge >= 0.3 is 0 Å². The van der Waals surface area contributed by atoms with E-state index in [1.807, 2.05) is 11.8 Å². The van der Waals surface area contributed by atoms with Gasteiger partial charge in [-0.2, -0.15) is 11.8 Å². The number of nitrogens with one attached hydrogen (secondary N) is 2. The summed E-state index contributed by atoms with van der Waals surface area (Å²) in [4.78, 5) is 12.0. The molecule has 1 unspecified atom stereocenters. The van der Waals surface area contributed by atoms with Crippen LogP contribution in [-0.2, 0) is 4.79 Å². The molecule has 0 aromatic carbocycles. The van der Waals surface area contributed by atoms with E-state index in [-0.39, 0.29) is 18.3 Å². The Morgan fingerprint density at radius 3 is 2.55 bits per heavy atom. The Morgan fingerprint density at radius 2 is 2.00 bits per heavy atom. The van der Waals surface area contributed by atoms with E-state index < -0.39 is 0 Å². The second-order valence-corrected chi connectivity index (χ2v) is 7.50. The van der Waals surface area contributed by atoms with Crippen LogP contribution in [0.3, 0.4) is 0 Å². The number of rotatable bonds is 4. The molecule has 1 saturated heterocycles. The second kappa shape index (κ2) is 9.16. The minimum atomic E-state index is 0. The molecule has 0 aromatic heterocycles. The van der Waals surface area contributed by atoms with Crippen LogP contribution in [0.1, 0.15) is 46.0 Å². The minimum Gasteiger partial charge on any atom is -0.353 e. The lowest BCUT2D eigenvalue weighted by Crippen LogP contribution is -2.44. The molecule has 2 aliphatic rings. The van der Waals surface area contributed by atoms with E-state index in [1.54, 1.807) is 0 Å². The van der Waals surface area contributed by atoms with Gasteiger partial charge in [0, 0.05) is 36.6 Å². The predicted molar refractivity (Wildman–Crippen MR) is 89.7 cm³/mol. The maximum atomic E-state index is 12.0. The van der Waals surface area contributed by atoms with E-state index in [4.69, 9.17) is 0 Å². The van der Waals surface area contributed by atoms with Crippen molar-refractivity contribution >= 4 is 30.1 Å². The van der Waals surface area contributed by atoms with Gasteiger partial charge in [0.05, 0.1) is 0 Å². The SMILES string of the molecule is CC(C)C1CCC(NC(=O)CC2CSCCN2)CC1.Cl. The van der Waals surface area contributed by atoms with Gasteiger partial charge in [-0.15, -0.1) is 12.4 Å². The van der Waals surface area contributed by atoms with E-state index in [0.717, 1.165) is 24.1 Å². The summed E-state index contributed by atoms with van der Waals surface area (Å²) in [6.45, 7) is 5.67. The average Bonchev–Trinajstić information content (AvgIpc) is 2.40. The highest BCUT2D eigenvalue weighted by molar-refractivity contribution is 7.99. The van der Waals surface area contributed by atoms with Crippen molar-refractivity contribution in [2.45, 2.75) is 58.0 Å². The lowest BCUT2D eigenvalue weighted by atomic mass is 9.79. The zero-order valence-corrected chi connectivity index (χ0v) is 14.3. The fourth-order valence-electron chi connectivity index (χ4n) is 3.19. The highest BCUT2D eigenvalue weighted by Gasteiger charge is 2.25. The van der Waals surface area contributed by atoms with E-state index >= 15 is 0 Å². The summed E-state index contributed by atoms with van der Waals surface area (Å²) in [5, 5.41) is 6.66. The molecule has 1 atom stereocenters. The molecule has 0 aromatic rings. The highest BCUT2D eigenvalue weighted by atomic mass is 35.5. The van der Waals surface area contributed by atoms with Gasteiger partial charge < -0.3 is 10.6 Å². The molecule has 118 valence electrons. The van der Waals surface area contributed by atoms with Gasteiger partial charge in [-0.1, -0.05) is 13.8 Å². The van der Waals surface area contributed by atoms with Crippen LogP contribution in [0.25, 0.3) is 0 Å². The predicted octanol–water partition coefficient (Wildman–Crippen LogP) is 2.83. The number of hydrogen-bond donors (Lipinski definition) is 2. The molecule has 1 heterocycles. The van der Waals surface area contributed by atoms with Crippen molar-refractivity contribution in [1.82, 2.24) is 10.6 Å². The summed E-state index contributed by atoms with van der Waals surface area (Å²) in [7, 11) is 0. The van der Waals surface area contributed by atoms with Gasteiger partial charge in [0.15, 0.2) is 0 Å². The number of amides is 1. The first-order chi connectivity index (χ1) is 9.15. The Labute approximate surface area is 133 Å². The summed E-state index contributed by atoms with van der Waals surface area (Å²) in [5.74, 6) is 4.16. The van der Waals surface area contributed by atoms with Gasteiger partial charge in [-0.25, -0.2) is 0 Å². The number of carbonyl (C=O) groups is 1.